The quantitative estimate of drug-likeness (QED) is 0.379. The fourth-order valence-corrected chi connectivity index (χ4v) is 2.45. The van der Waals surface area contributed by atoms with Crippen molar-refractivity contribution in [2.24, 2.45) is 0 Å². The zero-order chi connectivity index (χ0) is 17.5. The molecular formula is C20H32O4. The maximum Gasteiger partial charge on any atom is 0.338 e. The molecule has 0 aliphatic heterocycles. The summed E-state index contributed by atoms with van der Waals surface area (Å²) in [5.74, 6) is -0.223. The van der Waals surface area contributed by atoms with Crippen LogP contribution >= 0.6 is 0 Å². The molecule has 0 unspecified atom stereocenters. The van der Waals surface area contributed by atoms with Gasteiger partial charge in [0.1, 0.15) is 5.75 Å². The van der Waals surface area contributed by atoms with Gasteiger partial charge >= 0.3 is 5.97 Å². The van der Waals surface area contributed by atoms with Gasteiger partial charge < -0.3 is 14.6 Å². The third-order valence-corrected chi connectivity index (χ3v) is 3.91. The van der Waals surface area contributed by atoms with Gasteiger partial charge in [-0.25, -0.2) is 4.79 Å². The van der Waals surface area contributed by atoms with Gasteiger partial charge in [-0.3, -0.25) is 0 Å². The van der Waals surface area contributed by atoms with E-state index in [1.807, 2.05) is 0 Å². The van der Waals surface area contributed by atoms with E-state index in [1.165, 1.54) is 57.1 Å². The second-order valence-electron chi connectivity index (χ2n) is 6.12. The van der Waals surface area contributed by atoms with E-state index >= 15 is 0 Å². The average molecular weight is 336 g/mol. The van der Waals surface area contributed by atoms with Crippen LogP contribution in [0.25, 0.3) is 0 Å². The van der Waals surface area contributed by atoms with E-state index in [0.29, 0.717) is 25.2 Å². The summed E-state index contributed by atoms with van der Waals surface area (Å²) >= 11 is 0. The largest absolute Gasteiger partial charge is 0.508 e. The number of phenols is 1. The first kappa shape index (κ1) is 20.5. The highest BCUT2D eigenvalue weighted by molar-refractivity contribution is 5.89. The molecule has 0 aromatic heterocycles. The number of unbranched alkanes of at least 4 members (excludes halogenated alkanes) is 7. The van der Waals surface area contributed by atoms with Crippen molar-refractivity contribution in [3.63, 3.8) is 0 Å². The number of hydrogen-bond acceptors (Lipinski definition) is 4. The monoisotopic (exact) mass is 336 g/mol. The number of aromatic hydroxyl groups is 1. The number of rotatable bonds is 14. The van der Waals surface area contributed by atoms with Crippen molar-refractivity contribution in [3.05, 3.63) is 29.8 Å². The number of carbonyl (C=O) groups is 1. The van der Waals surface area contributed by atoms with E-state index in [-0.39, 0.29) is 11.7 Å². The van der Waals surface area contributed by atoms with Crippen LogP contribution in [-0.4, -0.2) is 30.9 Å². The predicted octanol–water partition coefficient (Wildman–Crippen LogP) is 5.10. The third-order valence-electron chi connectivity index (χ3n) is 3.91. The average Bonchev–Trinajstić information content (AvgIpc) is 2.59. The van der Waals surface area contributed by atoms with Crippen molar-refractivity contribution in [3.8, 4) is 5.75 Å². The standard InChI is InChI=1S/C20H32O4/c1-2-3-4-5-6-7-8-9-15-23-16-10-17-24-20(22)18-11-13-19(21)14-12-18/h11-14,21H,2-10,15-17H2,1H3. The van der Waals surface area contributed by atoms with Gasteiger partial charge in [-0.05, 0) is 30.7 Å². The highest BCUT2D eigenvalue weighted by Gasteiger charge is 2.06. The molecule has 1 aromatic rings. The molecule has 0 heterocycles. The Morgan fingerprint density at radius 3 is 2.08 bits per heavy atom. The Kier molecular flexibility index (Phi) is 11.8. The van der Waals surface area contributed by atoms with Gasteiger partial charge in [-0.2, -0.15) is 0 Å². The van der Waals surface area contributed by atoms with Crippen molar-refractivity contribution < 1.29 is 19.4 Å². The number of phenolic OH excluding ortho intramolecular Hbond substituents is 1. The highest BCUT2D eigenvalue weighted by Crippen LogP contribution is 2.11. The molecule has 0 amide bonds. The predicted molar refractivity (Wildman–Crippen MR) is 96.4 cm³/mol. The Hall–Kier alpha value is -1.55. The molecule has 0 spiro atoms. The SMILES string of the molecule is CCCCCCCCCCOCCCOC(=O)c1ccc(O)cc1. The zero-order valence-corrected chi connectivity index (χ0v) is 15.0. The number of carbonyl (C=O) groups excluding carboxylic acids is 1. The molecule has 0 saturated carbocycles. The van der Waals surface area contributed by atoms with Crippen LogP contribution in [0.15, 0.2) is 24.3 Å². The molecule has 0 aliphatic rings. The third kappa shape index (κ3) is 10.3. The number of ether oxygens (including phenoxy) is 2. The van der Waals surface area contributed by atoms with Crippen LogP contribution in [0.4, 0.5) is 0 Å². The van der Waals surface area contributed by atoms with Crippen LogP contribution in [0.5, 0.6) is 5.75 Å². The molecule has 0 aliphatic carbocycles. The maximum absolute atomic E-state index is 11.7. The fraction of sp³-hybridized carbons (Fsp3) is 0.650. The molecule has 0 fully saturated rings. The molecule has 136 valence electrons. The Bertz CT molecular complexity index is 428. The second-order valence-corrected chi connectivity index (χ2v) is 6.12. The summed E-state index contributed by atoms with van der Waals surface area (Å²) in [6.45, 7) is 4.02. The molecule has 4 nitrogen and oxygen atoms in total. The van der Waals surface area contributed by atoms with Crippen molar-refractivity contribution in [2.45, 2.75) is 64.7 Å². The first-order valence-electron chi connectivity index (χ1n) is 9.28. The Morgan fingerprint density at radius 2 is 1.42 bits per heavy atom. The van der Waals surface area contributed by atoms with Gasteiger partial charge in [0.2, 0.25) is 0 Å². The number of hydrogen-bond donors (Lipinski definition) is 1. The van der Waals surface area contributed by atoms with E-state index in [0.717, 1.165) is 13.0 Å². The molecule has 0 atom stereocenters. The van der Waals surface area contributed by atoms with Gasteiger partial charge in [0.25, 0.3) is 0 Å². The van der Waals surface area contributed by atoms with Crippen molar-refractivity contribution >= 4 is 5.97 Å². The topological polar surface area (TPSA) is 55.8 Å². The van der Waals surface area contributed by atoms with E-state index in [9.17, 15) is 4.79 Å². The molecule has 4 heteroatoms. The van der Waals surface area contributed by atoms with Gasteiger partial charge in [0.05, 0.1) is 12.2 Å². The summed E-state index contributed by atoms with van der Waals surface area (Å²) in [4.78, 5) is 11.7. The Morgan fingerprint density at radius 1 is 0.833 bits per heavy atom. The van der Waals surface area contributed by atoms with E-state index in [2.05, 4.69) is 6.92 Å². The van der Waals surface area contributed by atoms with Crippen molar-refractivity contribution in [2.75, 3.05) is 19.8 Å². The van der Waals surface area contributed by atoms with Crippen LogP contribution in [0.2, 0.25) is 0 Å². The first-order chi connectivity index (χ1) is 11.7. The molecular weight excluding hydrogens is 304 g/mol. The van der Waals surface area contributed by atoms with Gasteiger partial charge in [0, 0.05) is 19.6 Å². The fourth-order valence-electron chi connectivity index (χ4n) is 2.45. The molecule has 1 rings (SSSR count). The van der Waals surface area contributed by atoms with Crippen LogP contribution < -0.4 is 0 Å². The smallest absolute Gasteiger partial charge is 0.338 e. The maximum atomic E-state index is 11.7. The van der Waals surface area contributed by atoms with E-state index in [4.69, 9.17) is 14.6 Å². The normalized spacial score (nSPS) is 10.7. The lowest BCUT2D eigenvalue weighted by molar-refractivity contribution is 0.0443. The summed E-state index contributed by atoms with van der Waals surface area (Å²) in [5.41, 5.74) is 0.452. The minimum absolute atomic E-state index is 0.140. The second kappa shape index (κ2) is 13.8. The molecule has 0 bridgehead atoms. The number of benzene rings is 1. The van der Waals surface area contributed by atoms with Gasteiger partial charge in [-0.1, -0.05) is 51.9 Å². The molecule has 24 heavy (non-hydrogen) atoms. The molecule has 0 radical (unpaired) electrons. The first-order valence-corrected chi connectivity index (χ1v) is 9.28. The summed E-state index contributed by atoms with van der Waals surface area (Å²) in [7, 11) is 0. The lowest BCUT2D eigenvalue weighted by Crippen LogP contribution is -2.08. The van der Waals surface area contributed by atoms with E-state index in [1.54, 1.807) is 12.1 Å². The summed E-state index contributed by atoms with van der Waals surface area (Å²) < 4.78 is 10.7. The minimum Gasteiger partial charge on any atom is -0.508 e. The highest BCUT2D eigenvalue weighted by atomic mass is 16.5. The van der Waals surface area contributed by atoms with Crippen LogP contribution in [0, 0.1) is 0 Å². The van der Waals surface area contributed by atoms with Gasteiger partial charge in [0.15, 0.2) is 0 Å². The van der Waals surface area contributed by atoms with E-state index < -0.39 is 0 Å². The molecule has 0 saturated heterocycles. The Balaban J connectivity index is 1.87. The molecule has 1 N–H and O–H groups in total. The minimum atomic E-state index is -0.363. The van der Waals surface area contributed by atoms with Gasteiger partial charge in [-0.15, -0.1) is 0 Å². The van der Waals surface area contributed by atoms with Crippen LogP contribution in [0.1, 0.15) is 75.1 Å². The van der Waals surface area contributed by atoms with Crippen LogP contribution in [0.3, 0.4) is 0 Å². The molecule has 1 aromatic carbocycles. The lowest BCUT2D eigenvalue weighted by atomic mass is 10.1. The summed E-state index contributed by atoms with van der Waals surface area (Å²) in [6, 6.07) is 6.06. The summed E-state index contributed by atoms with van der Waals surface area (Å²) in [5, 5.41) is 9.17. The summed E-state index contributed by atoms with van der Waals surface area (Å²) in [6.07, 6.45) is 11.1. The van der Waals surface area contributed by atoms with Crippen molar-refractivity contribution in [1.82, 2.24) is 0 Å². The van der Waals surface area contributed by atoms with Crippen LogP contribution in [-0.2, 0) is 9.47 Å². The van der Waals surface area contributed by atoms with Crippen molar-refractivity contribution in [1.29, 1.82) is 0 Å². The number of esters is 1. The zero-order valence-electron chi connectivity index (χ0n) is 15.0. The Labute approximate surface area is 146 Å². The lowest BCUT2D eigenvalue weighted by Gasteiger charge is -2.06.